The van der Waals surface area contributed by atoms with Crippen LogP contribution in [0.2, 0.25) is 0 Å². The van der Waals surface area contributed by atoms with Crippen molar-refractivity contribution in [1.82, 2.24) is 10.2 Å². The topological polar surface area (TPSA) is 28.4 Å². The van der Waals surface area contributed by atoms with E-state index in [1.807, 2.05) is 12.1 Å². The molecule has 0 fully saturated rings. The molecule has 0 spiro atoms. The van der Waals surface area contributed by atoms with Gasteiger partial charge in [-0.1, -0.05) is 28.1 Å². The molecule has 0 radical (unpaired) electrons. The van der Waals surface area contributed by atoms with Gasteiger partial charge in [-0.2, -0.15) is 0 Å². The molecule has 0 unspecified atom stereocenters. The van der Waals surface area contributed by atoms with E-state index in [-0.39, 0.29) is 0 Å². The van der Waals surface area contributed by atoms with Crippen LogP contribution < -0.4 is 5.32 Å². The zero-order valence-electron chi connectivity index (χ0n) is 11.1. The number of likely N-dealkylation sites (N-methyl/N-ethyl adjacent to an activating group) is 1. The number of rotatable bonds is 7. The molecular weight excluding hydrogens is 304 g/mol. The number of furan rings is 1. The Balaban J connectivity index is 1.65. The number of benzene rings is 1. The van der Waals surface area contributed by atoms with Crippen LogP contribution >= 0.6 is 15.9 Å². The Labute approximate surface area is 122 Å². The Morgan fingerprint density at radius 2 is 2.16 bits per heavy atom. The fourth-order valence-electron chi connectivity index (χ4n) is 1.92. The number of hydrogen-bond donors (Lipinski definition) is 1. The van der Waals surface area contributed by atoms with E-state index < -0.39 is 0 Å². The summed E-state index contributed by atoms with van der Waals surface area (Å²) in [6.07, 6.45) is 1.70. The first-order valence-electron chi connectivity index (χ1n) is 6.40. The standard InChI is InChI=1S/C15H19BrN2O/c1-18(12-13-4-2-5-14(16)10-13)8-7-17-11-15-6-3-9-19-15/h2-6,9-10,17H,7-8,11-12H2,1H3. The lowest BCUT2D eigenvalue weighted by Gasteiger charge is -2.17. The van der Waals surface area contributed by atoms with Crippen molar-refractivity contribution in [3.63, 3.8) is 0 Å². The van der Waals surface area contributed by atoms with Crippen molar-refractivity contribution in [2.45, 2.75) is 13.1 Å². The largest absolute Gasteiger partial charge is 0.468 e. The Kier molecular flexibility index (Phi) is 5.63. The van der Waals surface area contributed by atoms with Gasteiger partial charge in [0.05, 0.1) is 12.8 Å². The second kappa shape index (κ2) is 7.48. The van der Waals surface area contributed by atoms with Gasteiger partial charge in [-0.05, 0) is 36.9 Å². The van der Waals surface area contributed by atoms with Gasteiger partial charge in [0.2, 0.25) is 0 Å². The first-order chi connectivity index (χ1) is 9.24. The third-order valence-electron chi connectivity index (χ3n) is 2.89. The van der Waals surface area contributed by atoms with Crippen molar-refractivity contribution in [3.05, 3.63) is 58.5 Å². The molecule has 3 nitrogen and oxygen atoms in total. The van der Waals surface area contributed by atoms with Crippen LogP contribution in [0.15, 0.2) is 51.6 Å². The van der Waals surface area contributed by atoms with E-state index in [9.17, 15) is 0 Å². The Morgan fingerprint density at radius 3 is 2.89 bits per heavy atom. The molecule has 0 amide bonds. The molecule has 0 aliphatic carbocycles. The predicted molar refractivity (Wildman–Crippen MR) is 80.9 cm³/mol. The molecule has 0 aliphatic rings. The molecule has 1 heterocycles. The molecule has 0 saturated carbocycles. The molecule has 1 aromatic carbocycles. The molecule has 19 heavy (non-hydrogen) atoms. The van der Waals surface area contributed by atoms with Gasteiger partial charge in [0.1, 0.15) is 5.76 Å². The van der Waals surface area contributed by atoms with Gasteiger partial charge in [0, 0.05) is 24.1 Å². The van der Waals surface area contributed by atoms with Crippen LogP contribution in [0.3, 0.4) is 0 Å². The number of nitrogens with one attached hydrogen (secondary N) is 1. The number of nitrogens with zero attached hydrogens (tertiary/aromatic N) is 1. The second-order valence-electron chi connectivity index (χ2n) is 4.62. The van der Waals surface area contributed by atoms with Gasteiger partial charge in [0.15, 0.2) is 0 Å². The maximum Gasteiger partial charge on any atom is 0.117 e. The third-order valence-corrected chi connectivity index (χ3v) is 3.38. The van der Waals surface area contributed by atoms with Crippen LogP contribution in [0.1, 0.15) is 11.3 Å². The van der Waals surface area contributed by atoms with E-state index in [0.29, 0.717) is 0 Å². The fraction of sp³-hybridized carbons (Fsp3) is 0.333. The van der Waals surface area contributed by atoms with Gasteiger partial charge in [-0.25, -0.2) is 0 Å². The summed E-state index contributed by atoms with van der Waals surface area (Å²) < 4.78 is 6.40. The van der Waals surface area contributed by atoms with E-state index >= 15 is 0 Å². The Morgan fingerprint density at radius 1 is 1.26 bits per heavy atom. The summed E-state index contributed by atoms with van der Waals surface area (Å²) in [7, 11) is 2.13. The van der Waals surface area contributed by atoms with E-state index in [2.05, 4.69) is 57.5 Å². The summed E-state index contributed by atoms with van der Waals surface area (Å²) in [4.78, 5) is 2.30. The van der Waals surface area contributed by atoms with E-state index in [1.165, 1.54) is 5.56 Å². The minimum Gasteiger partial charge on any atom is -0.468 e. The molecule has 1 aromatic heterocycles. The first kappa shape index (κ1) is 14.3. The zero-order valence-corrected chi connectivity index (χ0v) is 12.7. The predicted octanol–water partition coefficient (Wildman–Crippen LogP) is 3.26. The summed E-state index contributed by atoms with van der Waals surface area (Å²) in [5, 5.41) is 3.37. The SMILES string of the molecule is CN(CCNCc1ccco1)Cc1cccc(Br)c1. The third kappa shape index (κ3) is 5.19. The van der Waals surface area contributed by atoms with Crippen LogP contribution in [0, 0.1) is 0 Å². The van der Waals surface area contributed by atoms with Crippen LogP contribution in [-0.4, -0.2) is 25.0 Å². The van der Waals surface area contributed by atoms with Crippen molar-refractivity contribution in [2.75, 3.05) is 20.1 Å². The van der Waals surface area contributed by atoms with Gasteiger partial charge in [0.25, 0.3) is 0 Å². The average molecular weight is 323 g/mol. The molecule has 0 aliphatic heterocycles. The highest BCUT2D eigenvalue weighted by atomic mass is 79.9. The number of halogens is 1. The van der Waals surface area contributed by atoms with Crippen molar-refractivity contribution in [1.29, 1.82) is 0 Å². The van der Waals surface area contributed by atoms with E-state index in [0.717, 1.165) is 36.4 Å². The monoisotopic (exact) mass is 322 g/mol. The molecule has 4 heteroatoms. The Hall–Kier alpha value is -1.10. The van der Waals surface area contributed by atoms with Crippen molar-refractivity contribution < 1.29 is 4.42 Å². The van der Waals surface area contributed by atoms with E-state index in [1.54, 1.807) is 6.26 Å². The maximum absolute atomic E-state index is 5.27. The smallest absolute Gasteiger partial charge is 0.117 e. The maximum atomic E-state index is 5.27. The van der Waals surface area contributed by atoms with Gasteiger partial charge in [-0.15, -0.1) is 0 Å². The quantitative estimate of drug-likeness (QED) is 0.793. The lowest BCUT2D eigenvalue weighted by atomic mass is 10.2. The highest BCUT2D eigenvalue weighted by Crippen LogP contribution is 2.12. The summed E-state index contributed by atoms with van der Waals surface area (Å²) in [5.41, 5.74) is 1.32. The average Bonchev–Trinajstić information content (AvgIpc) is 2.88. The van der Waals surface area contributed by atoms with Gasteiger partial charge < -0.3 is 14.6 Å². The van der Waals surface area contributed by atoms with Crippen LogP contribution in [0.5, 0.6) is 0 Å². The molecule has 102 valence electrons. The molecule has 2 aromatic rings. The highest BCUT2D eigenvalue weighted by Gasteiger charge is 2.01. The molecule has 2 rings (SSSR count). The molecular formula is C15H19BrN2O. The lowest BCUT2D eigenvalue weighted by Crippen LogP contribution is -2.28. The fourth-order valence-corrected chi connectivity index (χ4v) is 2.37. The normalized spacial score (nSPS) is 11.1. The summed E-state index contributed by atoms with van der Waals surface area (Å²) in [5.74, 6) is 0.981. The minimum absolute atomic E-state index is 0.789. The molecule has 0 atom stereocenters. The Bertz CT molecular complexity index is 485. The summed E-state index contributed by atoms with van der Waals surface area (Å²) in [6, 6.07) is 12.3. The first-order valence-corrected chi connectivity index (χ1v) is 7.19. The van der Waals surface area contributed by atoms with Gasteiger partial charge in [-0.3, -0.25) is 0 Å². The number of hydrogen-bond acceptors (Lipinski definition) is 3. The van der Waals surface area contributed by atoms with Crippen molar-refractivity contribution in [3.8, 4) is 0 Å². The molecule has 0 bridgehead atoms. The summed E-state index contributed by atoms with van der Waals surface area (Å²) >= 11 is 3.50. The van der Waals surface area contributed by atoms with E-state index in [4.69, 9.17) is 4.42 Å². The summed E-state index contributed by atoms with van der Waals surface area (Å²) in [6.45, 7) is 3.71. The van der Waals surface area contributed by atoms with Crippen molar-refractivity contribution in [2.24, 2.45) is 0 Å². The molecule has 1 N–H and O–H groups in total. The van der Waals surface area contributed by atoms with Gasteiger partial charge >= 0.3 is 0 Å². The van der Waals surface area contributed by atoms with Crippen LogP contribution in [0.4, 0.5) is 0 Å². The van der Waals surface area contributed by atoms with Crippen molar-refractivity contribution >= 4 is 15.9 Å². The minimum atomic E-state index is 0.789. The molecule has 0 saturated heterocycles. The van der Waals surface area contributed by atoms with Crippen LogP contribution in [0.25, 0.3) is 0 Å². The highest BCUT2D eigenvalue weighted by molar-refractivity contribution is 9.10. The van der Waals surface area contributed by atoms with Crippen LogP contribution in [-0.2, 0) is 13.1 Å². The zero-order chi connectivity index (χ0) is 13.5. The second-order valence-corrected chi connectivity index (χ2v) is 5.54. The lowest BCUT2D eigenvalue weighted by molar-refractivity contribution is 0.321.